The second-order valence-corrected chi connectivity index (χ2v) is 6.62. The van der Waals surface area contributed by atoms with Gasteiger partial charge in [-0.05, 0) is 34.8 Å². The molecule has 0 unspecified atom stereocenters. The van der Waals surface area contributed by atoms with E-state index in [0.29, 0.717) is 23.7 Å². The molecule has 1 aromatic rings. The van der Waals surface area contributed by atoms with Crippen LogP contribution < -0.4 is 4.72 Å². The van der Waals surface area contributed by atoms with E-state index >= 15 is 0 Å². The molecule has 0 bridgehead atoms. The second kappa shape index (κ2) is 7.56. The quantitative estimate of drug-likeness (QED) is 0.696. The third-order valence-electron chi connectivity index (χ3n) is 2.35. The Balaban J connectivity index is 2.38. The lowest BCUT2D eigenvalue weighted by Crippen LogP contribution is -2.24. The minimum Gasteiger partial charge on any atom is -0.481 e. The van der Waals surface area contributed by atoms with Crippen LogP contribution in [0.15, 0.2) is 27.8 Å². The molecule has 1 rings (SSSR count). The molecule has 1 heterocycles. The number of aliphatic carboxylic acids is 1. The van der Waals surface area contributed by atoms with Crippen LogP contribution in [-0.4, -0.2) is 31.0 Å². The molecule has 0 aliphatic heterocycles. The van der Waals surface area contributed by atoms with Gasteiger partial charge in [0.1, 0.15) is 4.90 Å². The van der Waals surface area contributed by atoms with Crippen molar-refractivity contribution in [3.8, 4) is 0 Å². The monoisotopic (exact) mass is 350 g/mol. The Hall–Kier alpha value is -0.990. The zero-order chi connectivity index (χ0) is 14.3. The first-order chi connectivity index (χ1) is 8.92. The maximum atomic E-state index is 11.9. The number of nitrogens with one attached hydrogen (secondary N) is 1. The van der Waals surface area contributed by atoms with E-state index in [4.69, 9.17) is 5.11 Å². The van der Waals surface area contributed by atoms with Crippen molar-refractivity contribution in [1.29, 1.82) is 0 Å². The van der Waals surface area contributed by atoms with Crippen LogP contribution in [-0.2, 0) is 14.8 Å². The summed E-state index contributed by atoms with van der Waals surface area (Å²) in [4.78, 5) is 14.2. The highest BCUT2D eigenvalue weighted by molar-refractivity contribution is 9.10. The molecule has 0 saturated carbocycles. The lowest BCUT2D eigenvalue weighted by atomic mass is 10.2. The Labute approximate surface area is 120 Å². The second-order valence-electron chi connectivity index (χ2n) is 3.94. The standard InChI is InChI=1S/C11H15BrN2O4S/c12-9-6-10(8-13-7-9)19(17,18)14-5-3-1-2-4-11(15)16/h6-8,14H,1-5H2,(H,15,16). The highest BCUT2D eigenvalue weighted by Gasteiger charge is 2.13. The number of pyridine rings is 1. The summed E-state index contributed by atoms with van der Waals surface area (Å²) in [6, 6.07) is 1.47. The lowest BCUT2D eigenvalue weighted by molar-refractivity contribution is -0.137. The molecule has 6 nitrogen and oxygen atoms in total. The number of rotatable bonds is 8. The summed E-state index contributed by atoms with van der Waals surface area (Å²) in [7, 11) is -3.55. The molecule has 8 heteroatoms. The zero-order valence-corrected chi connectivity index (χ0v) is 12.6. The molecule has 2 N–H and O–H groups in total. The summed E-state index contributed by atoms with van der Waals surface area (Å²) in [6.45, 7) is 0.286. The number of carboxylic acids is 1. The molecular weight excluding hydrogens is 336 g/mol. The SMILES string of the molecule is O=C(O)CCCCCNS(=O)(=O)c1cncc(Br)c1. The van der Waals surface area contributed by atoms with Crippen LogP contribution >= 0.6 is 15.9 Å². The van der Waals surface area contributed by atoms with Crippen LogP contribution in [0.3, 0.4) is 0 Å². The molecular formula is C11H15BrN2O4S. The normalized spacial score (nSPS) is 11.4. The predicted octanol–water partition coefficient (Wildman–Crippen LogP) is 1.77. The Bertz CT molecular complexity index is 533. The number of hydrogen-bond acceptors (Lipinski definition) is 4. The van der Waals surface area contributed by atoms with Crippen LogP contribution in [0.2, 0.25) is 0 Å². The predicted molar refractivity (Wildman–Crippen MR) is 73.2 cm³/mol. The van der Waals surface area contributed by atoms with Crippen molar-refractivity contribution in [2.45, 2.75) is 30.6 Å². The molecule has 0 amide bonds. The average molecular weight is 351 g/mol. The molecule has 0 saturated heterocycles. The fourth-order valence-corrected chi connectivity index (χ4v) is 2.99. The smallest absolute Gasteiger partial charge is 0.303 e. The number of unbranched alkanes of at least 4 members (excludes halogenated alkanes) is 2. The average Bonchev–Trinajstić information content (AvgIpc) is 2.33. The molecule has 0 radical (unpaired) electrons. The highest BCUT2D eigenvalue weighted by atomic mass is 79.9. The van der Waals surface area contributed by atoms with Gasteiger partial charge in [-0.2, -0.15) is 0 Å². The van der Waals surface area contributed by atoms with E-state index < -0.39 is 16.0 Å². The highest BCUT2D eigenvalue weighted by Crippen LogP contribution is 2.14. The van der Waals surface area contributed by atoms with Gasteiger partial charge < -0.3 is 5.11 Å². The third-order valence-corrected chi connectivity index (χ3v) is 4.21. The Morgan fingerprint density at radius 2 is 2.05 bits per heavy atom. The summed E-state index contributed by atoms with van der Waals surface area (Å²) < 4.78 is 26.8. The first-order valence-corrected chi connectivity index (χ1v) is 8.01. The Kier molecular flexibility index (Phi) is 6.40. The van der Waals surface area contributed by atoms with Crippen molar-refractivity contribution >= 4 is 31.9 Å². The van der Waals surface area contributed by atoms with Crippen LogP contribution in [0.1, 0.15) is 25.7 Å². The van der Waals surface area contributed by atoms with Gasteiger partial charge in [-0.25, -0.2) is 13.1 Å². The van der Waals surface area contributed by atoms with Gasteiger partial charge in [-0.15, -0.1) is 0 Å². The fraction of sp³-hybridized carbons (Fsp3) is 0.455. The van der Waals surface area contributed by atoms with Crippen molar-refractivity contribution in [3.63, 3.8) is 0 Å². The first kappa shape index (κ1) is 16.1. The van der Waals surface area contributed by atoms with Crippen LogP contribution in [0.5, 0.6) is 0 Å². The maximum Gasteiger partial charge on any atom is 0.303 e. The summed E-state index contributed by atoms with van der Waals surface area (Å²) in [6.07, 6.45) is 4.72. The number of aromatic nitrogens is 1. The van der Waals surface area contributed by atoms with E-state index in [9.17, 15) is 13.2 Å². The van der Waals surface area contributed by atoms with E-state index in [1.807, 2.05) is 0 Å². The van der Waals surface area contributed by atoms with E-state index in [0.717, 1.165) is 0 Å². The van der Waals surface area contributed by atoms with Gasteiger partial charge in [0.15, 0.2) is 0 Å². The minimum atomic E-state index is -3.55. The molecule has 0 atom stereocenters. The Morgan fingerprint density at radius 1 is 1.32 bits per heavy atom. The fourth-order valence-electron chi connectivity index (χ4n) is 1.41. The molecule has 0 fully saturated rings. The van der Waals surface area contributed by atoms with Crippen LogP contribution in [0, 0.1) is 0 Å². The summed E-state index contributed by atoms with van der Waals surface area (Å²) >= 11 is 3.16. The Morgan fingerprint density at radius 3 is 2.68 bits per heavy atom. The van der Waals surface area contributed by atoms with Gasteiger partial charge in [-0.1, -0.05) is 6.42 Å². The maximum absolute atomic E-state index is 11.9. The zero-order valence-electron chi connectivity index (χ0n) is 10.2. The molecule has 0 aromatic carbocycles. The van der Waals surface area contributed by atoms with Crippen molar-refractivity contribution in [3.05, 3.63) is 22.9 Å². The lowest BCUT2D eigenvalue weighted by Gasteiger charge is -2.06. The molecule has 0 spiro atoms. The number of carbonyl (C=O) groups is 1. The summed E-state index contributed by atoms with van der Waals surface area (Å²) in [5.41, 5.74) is 0. The van der Waals surface area contributed by atoms with Crippen molar-refractivity contribution in [2.75, 3.05) is 6.54 Å². The molecule has 106 valence electrons. The van der Waals surface area contributed by atoms with E-state index in [2.05, 4.69) is 25.6 Å². The van der Waals surface area contributed by atoms with E-state index in [-0.39, 0.29) is 17.9 Å². The first-order valence-electron chi connectivity index (χ1n) is 5.74. The van der Waals surface area contributed by atoms with Gasteiger partial charge in [0.2, 0.25) is 10.0 Å². The molecule has 0 aliphatic carbocycles. The molecule has 1 aromatic heterocycles. The van der Waals surface area contributed by atoms with Gasteiger partial charge >= 0.3 is 5.97 Å². The van der Waals surface area contributed by atoms with Crippen molar-refractivity contribution < 1.29 is 18.3 Å². The third kappa shape index (κ3) is 6.13. The van der Waals surface area contributed by atoms with E-state index in [1.54, 1.807) is 0 Å². The summed E-state index contributed by atoms with van der Waals surface area (Å²) in [5.74, 6) is -0.833. The molecule has 19 heavy (non-hydrogen) atoms. The molecule has 0 aliphatic rings. The van der Waals surface area contributed by atoms with Crippen LogP contribution in [0.25, 0.3) is 0 Å². The van der Waals surface area contributed by atoms with Gasteiger partial charge in [0.05, 0.1) is 0 Å². The summed E-state index contributed by atoms with van der Waals surface area (Å²) in [5, 5.41) is 8.45. The van der Waals surface area contributed by atoms with Crippen LogP contribution in [0.4, 0.5) is 0 Å². The van der Waals surface area contributed by atoms with Gasteiger partial charge in [-0.3, -0.25) is 9.78 Å². The number of halogens is 1. The minimum absolute atomic E-state index is 0.104. The largest absolute Gasteiger partial charge is 0.481 e. The van der Waals surface area contributed by atoms with Crippen molar-refractivity contribution in [2.24, 2.45) is 0 Å². The number of carboxylic acid groups (broad SMARTS) is 1. The van der Waals surface area contributed by atoms with Gasteiger partial charge in [0.25, 0.3) is 0 Å². The number of sulfonamides is 1. The van der Waals surface area contributed by atoms with Crippen molar-refractivity contribution in [1.82, 2.24) is 9.71 Å². The number of hydrogen-bond donors (Lipinski definition) is 2. The van der Waals surface area contributed by atoms with Gasteiger partial charge in [0, 0.05) is 29.8 Å². The topological polar surface area (TPSA) is 96.4 Å². The number of nitrogens with zero attached hydrogens (tertiary/aromatic N) is 1. The van der Waals surface area contributed by atoms with E-state index in [1.165, 1.54) is 18.5 Å².